The van der Waals surface area contributed by atoms with Gasteiger partial charge in [0.1, 0.15) is 0 Å². The predicted molar refractivity (Wildman–Crippen MR) is 63.3 cm³/mol. The zero-order valence-corrected chi connectivity index (χ0v) is 9.63. The first-order valence-electron chi connectivity index (χ1n) is 5.21. The van der Waals surface area contributed by atoms with Crippen molar-refractivity contribution in [2.45, 2.75) is 25.1 Å². The average molecular weight is 226 g/mol. The van der Waals surface area contributed by atoms with Gasteiger partial charge in [-0.1, -0.05) is 25.1 Å². The number of alkyl halides is 1. The second-order valence-electron chi connectivity index (χ2n) is 3.42. The van der Waals surface area contributed by atoms with Crippen molar-refractivity contribution in [2.75, 3.05) is 6.54 Å². The molecular formula is C12H16ClNO. The lowest BCUT2D eigenvalue weighted by Crippen LogP contribution is -2.25. The van der Waals surface area contributed by atoms with Gasteiger partial charge in [-0.2, -0.15) is 0 Å². The third-order valence-electron chi connectivity index (χ3n) is 2.22. The van der Waals surface area contributed by atoms with E-state index in [2.05, 4.69) is 5.32 Å². The molecule has 1 atom stereocenters. The number of rotatable bonds is 5. The summed E-state index contributed by atoms with van der Waals surface area (Å²) in [7, 11) is 0. The molecule has 1 aromatic carbocycles. The lowest BCUT2D eigenvalue weighted by atomic mass is 10.2. The fraction of sp³-hybridized carbons (Fsp3) is 0.417. The normalized spacial score (nSPS) is 12.1. The van der Waals surface area contributed by atoms with Crippen molar-refractivity contribution in [3.05, 3.63) is 35.9 Å². The molecule has 2 nitrogen and oxygen atoms in total. The highest BCUT2D eigenvalue weighted by molar-refractivity contribution is 6.20. The Morgan fingerprint density at radius 2 is 2.07 bits per heavy atom. The molecule has 1 rings (SSSR count). The number of benzene rings is 1. The molecule has 82 valence electrons. The molecule has 0 heterocycles. The summed E-state index contributed by atoms with van der Waals surface area (Å²) in [5.41, 5.74) is 0.695. The summed E-state index contributed by atoms with van der Waals surface area (Å²) < 4.78 is 0. The smallest absolute Gasteiger partial charge is 0.251 e. The van der Waals surface area contributed by atoms with Gasteiger partial charge in [-0.15, -0.1) is 11.6 Å². The van der Waals surface area contributed by atoms with Crippen LogP contribution in [-0.4, -0.2) is 17.8 Å². The Morgan fingerprint density at radius 1 is 1.40 bits per heavy atom. The predicted octanol–water partition coefficient (Wildman–Crippen LogP) is 2.82. The molecule has 0 radical (unpaired) electrons. The third-order valence-corrected chi connectivity index (χ3v) is 2.75. The fourth-order valence-corrected chi connectivity index (χ4v) is 1.35. The van der Waals surface area contributed by atoms with E-state index in [1.165, 1.54) is 0 Å². The molecule has 1 amide bonds. The second kappa shape index (κ2) is 6.46. The Balaban J connectivity index is 2.31. The van der Waals surface area contributed by atoms with E-state index in [4.69, 9.17) is 11.6 Å². The van der Waals surface area contributed by atoms with Crippen molar-refractivity contribution < 1.29 is 4.79 Å². The van der Waals surface area contributed by atoms with Crippen LogP contribution in [0.25, 0.3) is 0 Å². The lowest BCUT2D eigenvalue weighted by Gasteiger charge is -2.07. The highest BCUT2D eigenvalue weighted by Gasteiger charge is 2.05. The zero-order chi connectivity index (χ0) is 11.1. The summed E-state index contributed by atoms with van der Waals surface area (Å²) in [6, 6.07) is 9.19. The first kappa shape index (κ1) is 12.1. The minimum Gasteiger partial charge on any atom is -0.352 e. The van der Waals surface area contributed by atoms with Crippen LogP contribution >= 0.6 is 11.6 Å². The van der Waals surface area contributed by atoms with Gasteiger partial charge in [0.25, 0.3) is 5.91 Å². The van der Waals surface area contributed by atoms with Crippen LogP contribution in [0.5, 0.6) is 0 Å². The summed E-state index contributed by atoms with van der Waals surface area (Å²) >= 11 is 5.94. The topological polar surface area (TPSA) is 29.1 Å². The van der Waals surface area contributed by atoms with Crippen molar-refractivity contribution in [3.8, 4) is 0 Å². The number of amides is 1. The maximum Gasteiger partial charge on any atom is 0.251 e. The summed E-state index contributed by atoms with van der Waals surface area (Å²) in [4.78, 5) is 11.6. The number of carbonyl (C=O) groups is 1. The number of nitrogens with one attached hydrogen (secondary N) is 1. The monoisotopic (exact) mass is 225 g/mol. The Hall–Kier alpha value is -1.02. The Kier molecular flexibility index (Phi) is 5.19. The fourth-order valence-electron chi connectivity index (χ4n) is 1.24. The van der Waals surface area contributed by atoms with Crippen LogP contribution in [0.3, 0.4) is 0 Å². The van der Waals surface area contributed by atoms with Gasteiger partial charge in [0.2, 0.25) is 0 Å². The zero-order valence-electron chi connectivity index (χ0n) is 8.87. The van der Waals surface area contributed by atoms with Crippen LogP contribution in [0.4, 0.5) is 0 Å². The summed E-state index contributed by atoms with van der Waals surface area (Å²) in [6.07, 6.45) is 1.75. The molecule has 0 bridgehead atoms. The van der Waals surface area contributed by atoms with E-state index < -0.39 is 0 Å². The molecule has 0 aliphatic carbocycles. The maximum atomic E-state index is 11.6. The molecule has 0 saturated carbocycles. The van der Waals surface area contributed by atoms with Crippen LogP contribution in [0.15, 0.2) is 30.3 Å². The molecule has 3 heteroatoms. The molecule has 0 aliphatic heterocycles. The molecule has 0 saturated heterocycles. The molecule has 0 spiro atoms. The molecular weight excluding hydrogens is 210 g/mol. The molecule has 15 heavy (non-hydrogen) atoms. The van der Waals surface area contributed by atoms with Crippen LogP contribution in [0, 0.1) is 0 Å². The second-order valence-corrected chi connectivity index (χ2v) is 4.03. The van der Waals surface area contributed by atoms with Gasteiger partial charge in [0.05, 0.1) is 0 Å². The Labute approximate surface area is 95.6 Å². The van der Waals surface area contributed by atoms with E-state index in [0.717, 1.165) is 12.8 Å². The van der Waals surface area contributed by atoms with Crippen LogP contribution in [0.2, 0.25) is 0 Å². The lowest BCUT2D eigenvalue weighted by molar-refractivity contribution is 0.0953. The number of hydrogen-bond acceptors (Lipinski definition) is 1. The highest BCUT2D eigenvalue weighted by atomic mass is 35.5. The molecule has 0 aliphatic rings. The molecule has 1 aromatic rings. The van der Waals surface area contributed by atoms with E-state index in [9.17, 15) is 4.79 Å². The van der Waals surface area contributed by atoms with E-state index in [-0.39, 0.29) is 11.3 Å². The SMILES string of the molecule is CCC(Cl)CCNC(=O)c1ccccc1. The Bertz CT molecular complexity index is 300. The maximum absolute atomic E-state index is 11.6. The van der Waals surface area contributed by atoms with Gasteiger partial charge in [0, 0.05) is 17.5 Å². The summed E-state index contributed by atoms with van der Waals surface area (Å²) in [5.74, 6) is -0.0319. The van der Waals surface area contributed by atoms with Crippen LogP contribution in [-0.2, 0) is 0 Å². The van der Waals surface area contributed by atoms with Gasteiger partial charge < -0.3 is 5.32 Å². The molecule has 1 N–H and O–H groups in total. The third kappa shape index (κ3) is 4.34. The van der Waals surface area contributed by atoms with Gasteiger partial charge in [-0.3, -0.25) is 4.79 Å². The van der Waals surface area contributed by atoms with Crippen molar-refractivity contribution in [1.29, 1.82) is 0 Å². The van der Waals surface area contributed by atoms with E-state index in [1.54, 1.807) is 12.1 Å². The number of halogens is 1. The van der Waals surface area contributed by atoms with Crippen LogP contribution in [0.1, 0.15) is 30.1 Å². The quantitative estimate of drug-likeness (QED) is 0.768. The average Bonchev–Trinajstić information content (AvgIpc) is 2.29. The largest absolute Gasteiger partial charge is 0.352 e. The van der Waals surface area contributed by atoms with Crippen LogP contribution < -0.4 is 5.32 Å². The summed E-state index contributed by atoms with van der Waals surface area (Å²) in [5, 5.41) is 2.99. The standard InChI is InChI=1S/C12H16ClNO/c1-2-11(13)8-9-14-12(15)10-6-4-3-5-7-10/h3-7,11H,2,8-9H2,1H3,(H,14,15). The number of carbonyl (C=O) groups excluding carboxylic acids is 1. The minimum absolute atomic E-state index is 0.0319. The van der Waals surface area contributed by atoms with Crippen molar-refractivity contribution in [2.24, 2.45) is 0 Å². The van der Waals surface area contributed by atoms with Crippen molar-refractivity contribution >= 4 is 17.5 Å². The van der Waals surface area contributed by atoms with Crippen molar-refractivity contribution in [3.63, 3.8) is 0 Å². The molecule has 0 fully saturated rings. The van der Waals surface area contributed by atoms with E-state index >= 15 is 0 Å². The summed E-state index contributed by atoms with van der Waals surface area (Å²) in [6.45, 7) is 2.67. The van der Waals surface area contributed by atoms with Gasteiger partial charge in [-0.25, -0.2) is 0 Å². The first-order valence-corrected chi connectivity index (χ1v) is 5.65. The Morgan fingerprint density at radius 3 is 2.67 bits per heavy atom. The van der Waals surface area contributed by atoms with Gasteiger partial charge in [0.15, 0.2) is 0 Å². The van der Waals surface area contributed by atoms with E-state index in [1.807, 2.05) is 25.1 Å². The van der Waals surface area contributed by atoms with E-state index in [0.29, 0.717) is 12.1 Å². The van der Waals surface area contributed by atoms with Gasteiger partial charge >= 0.3 is 0 Å². The number of hydrogen-bond donors (Lipinski definition) is 1. The van der Waals surface area contributed by atoms with Crippen molar-refractivity contribution in [1.82, 2.24) is 5.32 Å². The highest BCUT2D eigenvalue weighted by Crippen LogP contribution is 2.05. The molecule has 0 aromatic heterocycles. The first-order chi connectivity index (χ1) is 7.24. The minimum atomic E-state index is -0.0319. The molecule has 1 unspecified atom stereocenters. The van der Waals surface area contributed by atoms with Gasteiger partial charge in [-0.05, 0) is 25.0 Å².